The molecular formula is C11H18N2O. The van der Waals surface area contributed by atoms with Crippen LogP contribution in [-0.4, -0.2) is 4.57 Å². The number of nitrogen functional groups attached to an aromatic ring is 1. The molecule has 2 N–H and O–H groups in total. The van der Waals surface area contributed by atoms with Crippen LogP contribution < -0.4 is 11.3 Å². The normalized spacial score (nSPS) is 12.8. The van der Waals surface area contributed by atoms with E-state index in [1.54, 1.807) is 10.6 Å². The van der Waals surface area contributed by atoms with E-state index in [-0.39, 0.29) is 11.6 Å². The van der Waals surface area contributed by atoms with E-state index in [4.69, 9.17) is 5.73 Å². The predicted octanol–water partition coefficient (Wildman–Crippen LogP) is 2.10. The van der Waals surface area contributed by atoms with E-state index >= 15 is 0 Å². The predicted molar refractivity (Wildman–Crippen MR) is 59.5 cm³/mol. The third-order valence-corrected chi connectivity index (χ3v) is 2.57. The second-order valence-corrected chi connectivity index (χ2v) is 3.72. The molecule has 1 heterocycles. The highest BCUT2D eigenvalue weighted by atomic mass is 16.1. The minimum absolute atomic E-state index is 0.0395. The van der Waals surface area contributed by atoms with Crippen LogP contribution in [-0.2, 0) is 0 Å². The zero-order valence-electron chi connectivity index (χ0n) is 9.08. The largest absolute Gasteiger partial charge is 0.397 e. The Morgan fingerprint density at radius 2 is 2.14 bits per heavy atom. The quantitative estimate of drug-likeness (QED) is 0.801. The first-order chi connectivity index (χ1) is 6.57. The van der Waals surface area contributed by atoms with Gasteiger partial charge in [-0.3, -0.25) is 4.79 Å². The van der Waals surface area contributed by atoms with Crippen molar-refractivity contribution in [3.63, 3.8) is 0 Å². The van der Waals surface area contributed by atoms with Crippen LogP contribution in [0.5, 0.6) is 0 Å². The maximum absolute atomic E-state index is 11.6. The van der Waals surface area contributed by atoms with Gasteiger partial charge in [0.15, 0.2) is 0 Å². The number of nitrogens with two attached hydrogens (primary N) is 1. The molecule has 78 valence electrons. The zero-order chi connectivity index (χ0) is 10.7. The lowest BCUT2D eigenvalue weighted by Gasteiger charge is -2.18. The molecule has 0 fully saturated rings. The Balaban J connectivity index is 3.18. The van der Waals surface area contributed by atoms with Crippen molar-refractivity contribution in [3.8, 4) is 0 Å². The molecule has 3 heteroatoms. The minimum atomic E-state index is 0.0395. The van der Waals surface area contributed by atoms with Crippen LogP contribution in [0.15, 0.2) is 16.9 Å². The molecule has 1 rings (SSSR count). The molecule has 0 aromatic carbocycles. The van der Waals surface area contributed by atoms with Crippen molar-refractivity contribution in [2.75, 3.05) is 5.73 Å². The van der Waals surface area contributed by atoms with E-state index in [9.17, 15) is 4.79 Å². The summed E-state index contributed by atoms with van der Waals surface area (Å²) in [5.41, 5.74) is 7.36. The van der Waals surface area contributed by atoms with Gasteiger partial charge < -0.3 is 10.3 Å². The lowest BCUT2D eigenvalue weighted by atomic mass is 10.1. The highest BCUT2D eigenvalue weighted by Crippen LogP contribution is 2.16. The van der Waals surface area contributed by atoms with Crippen molar-refractivity contribution < 1.29 is 0 Å². The molecule has 0 aliphatic heterocycles. The Hall–Kier alpha value is -1.25. The summed E-state index contributed by atoms with van der Waals surface area (Å²) in [4.78, 5) is 11.6. The molecule has 1 aromatic rings. The van der Waals surface area contributed by atoms with Crippen LogP contribution >= 0.6 is 0 Å². The third-order valence-electron chi connectivity index (χ3n) is 2.57. The molecular weight excluding hydrogens is 176 g/mol. The van der Waals surface area contributed by atoms with Crippen molar-refractivity contribution in [1.82, 2.24) is 4.57 Å². The van der Waals surface area contributed by atoms with E-state index < -0.39 is 0 Å². The van der Waals surface area contributed by atoms with Gasteiger partial charge >= 0.3 is 0 Å². The second kappa shape index (κ2) is 4.31. The Bertz CT molecular complexity index is 368. The van der Waals surface area contributed by atoms with Gasteiger partial charge in [-0.2, -0.15) is 0 Å². The zero-order valence-corrected chi connectivity index (χ0v) is 9.08. The number of anilines is 1. The summed E-state index contributed by atoms with van der Waals surface area (Å²) >= 11 is 0. The maximum Gasteiger partial charge on any atom is 0.251 e. The summed E-state index contributed by atoms with van der Waals surface area (Å²) in [5, 5.41) is 0. The fourth-order valence-electron chi connectivity index (χ4n) is 1.76. The second-order valence-electron chi connectivity index (χ2n) is 3.72. The first-order valence-corrected chi connectivity index (χ1v) is 5.05. The molecule has 0 aliphatic rings. The number of hydrogen-bond donors (Lipinski definition) is 1. The van der Waals surface area contributed by atoms with E-state index in [1.807, 2.05) is 6.92 Å². The van der Waals surface area contributed by atoms with Gasteiger partial charge in [-0.15, -0.1) is 0 Å². The van der Waals surface area contributed by atoms with Gasteiger partial charge in [-0.05, 0) is 26.3 Å². The molecule has 0 aliphatic carbocycles. The summed E-state index contributed by atoms with van der Waals surface area (Å²) < 4.78 is 1.78. The number of aromatic nitrogens is 1. The summed E-state index contributed by atoms with van der Waals surface area (Å²) in [6.45, 7) is 6.06. The van der Waals surface area contributed by atoms with Crippen molar-refractivity contribution >= 4 is 5.69 Å². The molecule has 3 nitrogen and oxygen atoms in total. The molecule has 0 saturated carbocycles. The molecule has 1 atom stereocenters. The van der Waals surface area contributed by atoms with Crippen LogP contribution in [0.3, 0.4) is 0 Å². The SMILES string of the molecule is CCCC(C)n1c(C)c(N)ccc1=O. The van der Waals surface area contributed by atoms with Crippen LogP contribution in [0, 0.1) is 6.92 Å². The Morgan fingerprint density at radius 3 is 2.71 bits per heavy atom. The summed E-state index contributed by atoms with van der Waals surface area (Å²) in [5.74, 6) is 0. The molecule has 0 bridgehead atoms. The van der Waals surface area contributed by atoms with Crippen LogP contribution in [0.25, 0.3) is 0 Å². The van der Waals surface area contributed by atoms with Crippen LogP contribution in [0.1, 0.15) is 38.4 Å². The fraction of sp³-hybridized carbons (Fsp3) is 0.545. The highest BCUT2D eigenvalue weighted by Gasteiger charge is 2.09. The molecule has 0 spiro atoms. The molecule has 14 heavy (non-hydrogen) atoms. The number of nitrogens with zero attached hydrogens (tertiary/aromatic N) is 1. The summed E-state index contributed by atoms with van der Waals surface area (Å²) in [6, 6.07) is 3.44. The van der Waals surface area contributed by atoms with Gasteiger partial charge in [-0.25, -0.2) is 0 Å². The molecule has 0 saturated heterocycles. The average Bonchev–Trinajstić information content (AvgIpc) is 2.13. The van der Waals surface area contributed by atoms with E-state index in [0.717, 1.165) is 18.5 Å². The van der Waals surface area contributed by atoms with Gasteiger partial charge in [0, 0.05) is 17.8 Å². The van der Waals surface area contributed by atoms with Gasteiger partial charge in [-0.1, -0.05) is 13.3 Å². The van der Waals surface area contributed by atoms with Gasteiger partial charge in [0.2, 0.25) is 0 Å². The van der Waals surface area contributed by atoms with Crippen molar-refractivity contribution in [2.45, 2.75) is 39.7 Å². The first-order valence-electron chi connectivity index (χ1n) is 5.05. The third kappa shape index (κ3) is 1.97. The van der Waals surface area contributed by atoms with Gasteiger partial charge in [0.25, 0.3) is 5.56 Å². The summed E-state index contributed by atoms with van der Waals surface area (Å²) in [7, 11) is 0. The van der Waals surface area contributed by atoms with Crippen LogP contribution in [0.2, 0.25) is 0 Å². The maximum atomic E-state index is 11.6. The van der Waals surface area contributed by atoms with E-state index in [2.05, 4.69) is 13.8 Å². The smallest absolute Gasteiger partial charge is 0.251 e. The fourth-order valence-corrected chi connectivity index (χ4v) is 1.76. The first kappa shape index (κ1) is 10.8. The Morgan fingerprint density at radius 1 is 1.50 bits per heavy atom. The molecule has 0 amide bonds. The Labute approximate surface area is 84.6 Å². The van der Waals surface area contributed by atoms with Gasteiger partial charge in [0.05, 0.1) is 5.69 Å². The standard InChI is InChI=1S/C11H18N2O/c1-4-5-8(2)13-9(3)10(12)6-7-11(13)14/h6-8H,4-5,12H2,1-3H3. The monoisotopic (exact) mass is 194 g/mol. The van der Waals surface area contributed by atoms with Crippen molar-refractivity contribution in [3.05, 3.63) is 28.2 Å². The number of hydrogen-bond acceptors (Lipinski definition) is 2. The van der Waals surface area contributed by atoms with E-state index in [1.165, 1.54) is 6.07 Å². The highest BCUT2D eigenvalue weighted by molar-refractivity contribution is 5.41. The van der Waals surface area contributed by atoms with Gasteiger partial charge in [0.1, 0.15) is 0 Å². The minimum Gasteiger partial charge on any atom is -0.397 e. The molecule has 0 radical (unpaired) electrons. The average molecular weight is 194 g/mol. The number of rotatable bonds is 3. The van der Waals surface area contributed by atoms with E-state index in [0.29, 0.717) is 5.69 Å². The summed E-state index contributed by atoms with van der Waals surface area (Å²) in [6.07, 6.45) is 2.08. The molecule has 1 aromatic heterocycles. The lowest BCUT2D eigenvalue weighted by molar-refractivity contribution is 0.477. The van der Waals surface area contributed by atoms with Crippen molar-refractivity contribution in [2.24, 2.45) is 0 Å². The van der Waals surface area contributed by atoms with Crippen molar-refractivity contribution in [1.29, 1.82) is 0 Å². The topological polar surface area (TPSA) is 48.0 Å². The Kier molecular flexibility index (Phi) is 3.33. The molecule has 1 unspecified atom stereocenters. The van der Waals surface area contributed by atoms with Crippen LogP contribution in [0.4, 0.5) is 5.69 Å². The lowest BCUT2D eigenvalue weighted by Crippen LogP contribution is -2.25. The number of pyridine rings is 1.